The van der Waals surface area contributed by atoms with E-state index in [-0.39, 0.29) is 12.1 Å². The Labute approximate surface area is 218 Å². The molecule has 2 amide bonds. The van der Waals surface area contributed by atoms with Gasteiger partial charge in [0.15, 0.2) is 0 Å². The van der Waals surface area contributed by atoms with Gasteiger partial charge in [-0.05, 0) is 62.7 Å². The number of hydrogen-bond acceptors (Lipinski definition) is 3. The number of amides is 2. The molecule has 1 aliphatic heterocycles. The maximum atomic E-state index is 13.7. The van der Waals surface area contributed by atoms with Crippen LogP contribution < -0.4 is 5.32 Å². The summed E-state index contributed by atoms with van der Waals surface area (Å²) in [7, 11) is 2.11. The largest absolute Gasteiger partial charge is 0.379 e. The highest BCUT2D eigenvalue weighted by atomic mass is 35.5. The van der Waals surface area contributed by atoms with Crippen LogP contribution in [0.3, 0.4) is 0 Å². The number of rotatable bonds is 10. The van der Waals surface area contributed by atoms with Gasteiger partial charge in [-0.3, -0.25) is 0 Å². The predicted molar refractivity (Wildman–Crippen MR) is 141 cm³/mol. The Morgan fingerprint density at radius 2 is 1.82 bits per heavy atom. The molecule has 0 spiro atoms. The summed E-state index contributed by atoms with van der Waals surface area (Å²) in [6, 6.07) is 12.7. The average molecular weight is 527 g/mol. The van der Waals surface area contributed by atoms with Crippen molar-refractivity contribution in [3.05, 3.63) is 68.7 Å². The molecule has 0 radical (unpaired) electrons. The van der Waals surface area contributed by atoms with Gasteiger partial charge in [-0.25, -0.2) is 4.79 Å². The first-order valence-electron chi connectivity index (χ1n) is 11.9. The first kappa shape index (κ1) is 27.1. The number of nitrogens with one attached hydrogen (secondary N) is 1. The fraction of sp³-hybridized carbons (Fsp3) is 0.500. The van der Waals surface area contributed by atoms with Crippen LogP contribution in [0.15, 0.2) is 42.5 Å². The fourth-order valence-electron chi connectivity index (χ4n) is 4.16. The SMILES string of the molecule is CCCCOCC(NC(=O)N(Cc1ccccc1Cl)C1CCN(C)CC1)c1cccc(Cl)c1Cl. The van der Waals surface area contributed by atoms with Crippen molar-refractivity contribution in [2.75, 3.05) is 33.4 Å². The number of carbonyl (C=O) groups excluding carboxylic acids is 1. The van der Waals surface area contributed by atoms with Gasteiger partial charge in [-0.15, -0.1) is 0 Å². The van der Waals surface area contributed by atoms with Crippen LogP contribution in [0.1, 0.15) is 49.8 Å². The van der Waals surface area contributed by atoms with Crippen LogP contribution in [-0.4, -0.2) is 55.2 Å². The molecule has 2 aromatic rings. The van der Waals surface area contributed by atoms with Crippen LogP contribution in [0.4, 0.5) is 4.79 Å². The van der Waals surface area contributed by atoms with Crippen LogP contribution in [0.2, 0.25) is 15.1 Å². The third-order valence-corrected chi connectivity index (χ3v) is 7.47. The minimum absolute atomic E-state index is 0.115. The summed E-state index contributed by atoms with van der Waals surface area (Å²) in [5, 5.41) is 4.74. The number of ether oxygens (including phenoxy) is 1. The van der Waals surface area contributed by atoms with Crippen molar-refractivity contribution in [2.24, 2.45) is 0 Å². The summed E-state index contributed by atoms with van der Waals surface area (Å²) < 4.78 is 5.90. The molecule has 2 aromatic carbocycles. The molecule has 1 unspecified atom stereocenters. The van der Waals surface area contributed by atoms with E-state index in [2.05, 4.69) is 24.2 Å². The Morgan fingerprint density at radius 3 is 2.53 bits per heavy atom. The minimum Gasteiger partial charge on any atom is -0.379 e. The maximum absolute atomic E-state index is 13.7. The van der Waals surface area contributed by atoms with Crippen molar-refractivity contribution in [2.45, 2.75) is 51.2 Å². The van der Waals surface area contributed by atoms with Gasteiger partial charge in [0.05, 0.1) is 22.7 Å². The van der Waals surface area contributed by atoms with Gasteiger partial charge in [0.2, 0.25) is 0 Å². The van der Waals surface area contributed by atoms with Crippen LogP contribution in [-0.2, 0) is 11.3 Å². The quantitative estimate of drug-likeness (QED) is 0.346. The van der Waals surface area contributed by atoms with Crippen molar-refractivity contribution in [3.63, 3.8) is 0 Å². The molecule has 186 valence electrons. The number of likely N-dealkylation sites (tertiary alicyclic amines) is 1. The van der Waals surface area contributed by atoms with E-state index in [1.54, 1.807) is 6.07 Å². The Balaban J connectivity index is 1.83. The van der Waals surface area contributed by atoms with Crippen molar-refractivity contribution in [3.8, 4) is 0 Å². The molecular formula is C26H34Cl3N3O2. The number of halogens is 3. The lowest BCUT2D eigenvalue weighted by molar-refractivity contribution is 0.0977. The van der Waals surface area contributed by atoms with Gasteiger partial charge < -0.3 is 19.9 Å². The number of piperidine rings is 1. The first-order chi connectivity index (χ1) is 16.4. The molecule has 1 atom stereocenters. The predicted octanol–water partition coefficient (Wildman–Crippen LogP) is 6.81. The number of carbonyl (C=O) groups is 1. The second-order valence-corrected chi connectivity index (χ2v) is 10.0. The normalized spacial score (nSPS) is 15.8. The summed E-state index contributed by atoms with van der Waals surface area (Å²) in [6.07, 6.45) is 3.81. The van der Waals surface area contributed by atoms with E-state index in [1.807, 2.05) is 41.3 Å². The van der Waals surface area contributed by atoms with Crippen molar-refractivity contribution in [1.29, 1.82) is 0 Å². The Hall–Kier alpha value is -1.50. The summed E-state index contributed by atoms with van der Waals surface area (Å²) in [6.45, 7) is 5.39. The molecule has 5 nitrogen and oxygen atoms in total. The molecule has 0 saturated carbocycles. The van der Waals surface area contributed by atoms with Crippen LogP contribution in [0.25, 0.3) is 0 Å². The number of urea groups is 1. The van der Waals surface area contributed by atoms with E-state index >= 15 is 0 Å². The maximum Gasteiger partial charge on any atom is 0.318 e. The van der Waals surface area contributed by atoms with Crippen LogP contribution >= 0.6 is 34.8 Å². The first-order valence-corrected chi connectivity index (χ1v) is 13.0. The summed E-state index contributed by atoms with van der Waals surface area (Å²) in [4.78, 5) is 17.9. The molecular weight excluding hydrogens is 493 g/mol. The summed E-state index contributed by atoms with van der Waals surface area (Å²) in [5.74, 6) is 0. The van der Waals surface area contributed by atoms with E-state index in [4.69, 9.17) is 39.5 Å². The number of unbranched alkanes of at least 4 members (excludes halogenated alkanes) is 1. The van der Waals surface area contributed by atoms with E-state index in [1.165, 1.54) is 0 Å². The zero-order valence-electron chi connectivity index (χ0n) is 19.9. The Bertz CT molecular complexity index is 935. The molecule has 1 heterocycles. The van der Waals surface area contributed by atoms with Crippen LogP contribution in [0, 0.1) is 0 Å². The molecule has 1 N–H and O–H groups in total. The van der Waals surface area contributed by atoms with Gasteiger partial charge in [-0.2, -0.15) is 0 Å². The molecule has 8 heteroatoms. The highest BCUT2D eigenvalue weighted by molar-refractivity contribution is 6.42. The topological polar surface area (TPSA) is 44.8 Å². The fourth-order valence-corrected chi connectivity index (χ4v) is 4.80. The molecule has 1 aliphatic rings. The van der Waals surface area contributed by atoms with Gasteiger partial charge >= 0.3 is 6.03 Å². The Kier molecular flexibility index (Phi) is 10.8. The Morgan fingerprint density at radius 1 is 1.12 bits per heavy atom. The van der Waals surface area contributed by atoms with Crippen molar-refractivity contribution >= 4 is 40.8 Å². The molecule has 0 aromatic heterocycles. The van der Waals surface area contributed by atoms with E-state index in [0.29, 0.717) is 34.8 Å². The third-order valence-electron chi connectivity index (χ3n) is 6.27. The van der Waals surface area contributed by atoms with Gasteiger partial charge in [0.25, 0.3) is 0 Å². The summed E-state index contributed by atoms with van der Waals surface area (Å²) >= 11 is 19.3. The van der Waals surface area contributed by atoms with Crippen molar-refractivity contribution < 1.29 is 9.53 Å². The van der Waals surface area contributed by atoms with E-state index in [9.17, 15) is 4.79 Å². The monoisotopic (exact) mass is 525 g/mol. The minimum atomic E-state index is -0.421. The zero-order chi connectivity index (χ0) is 24.5. The molecule has 3 rings (SSSR count). The molecule has 0 bridgehead atoms. The lowest BCUT2D eigenvalue weighted by Gasteiger charge is -2.38. The third kappa shape index (κ3) is 7.50. The lowest BCUT2D eigenvalue weighted by Crippen LogP contribution is -2.50. The zero-order valence-corrected chi connectivity index (χ0v) is 22.2. The number of nitrogens with zero attached hydrogens (tertiary/aromatic N) is 2. The number of hydrogen-bond donors (Lipinski definition) is 1. The van der Waals surface area contributed by atoms with E-state index < -0.39 is 6.04 Å². The van der Waals surface area contributed by atoms with E-state index in [0.717, 1.165) is 49.9 Å². The summed E-state index contributed by atoms with van der Waals surface area (Å²) in [5.41, 5.74) is 1.68. The molecule has 34 heavy (non-hydrogen) atoms. The van der Waals surface area contributed by atoms with Gasteiger partial charge in [0.1, 0.15) is 0 Å². The lowest BCUT2D eigenvalue weighted by atomic mass is 10.0. The second kappa shape index (κ2) is 13.6. The van der Waals surface area contributed by atoms with Gasteiger partial charge in [0, 0.05) is 24.2 Å². The standard InChI is InChI=1S/C26H34Cl3N3O2/c1-3-4-16-34-18-24(21-9-7-11-23(28)25(21)29)30-26(33)32(20-12-14-31(2)15-13-20)17-19-8-5-6-10-22(19)27/h5-11,20,24H,3-4,12-18H2,1-2H3,(H,30,33). The van der Waals surface area contributed by atoms with Crippen molar-refractivity contribution in [1.82, 2.24) is 15.1 Å². The van der Waals surface area contributed by atoms with Crippen LogP contribution in [0.5, 0.6) is 0 Å². The van der Waals surface area contributed by atoms with Gasteiger partial charge in [-0.1, -0.05) is 78.5 Å². The smallest absolute Gasteiger partial charge is 0.318 e. The highest BCUT2D eigenvalue weighted by Crippen LogP contribution is 2.31. The molecule has 1 fully saturated rings. The average Bonchev–Trinajstić information content (AvgIpc) is 2.83. The number of benzene rings is 2. The molecule has 1 saturated heterocycles. The molecule has 0 aliphatic carbocycles. The highest BCUT2D eigenvalue weighted by Gasteiger charge is 2.30. The second-order valence-electron chi connectivity index (χ2n) is 8.83.